The van der Waals surface area contributed by atoms with Gasteiger partial charge in [0.25, 0.3) is 0 Å². The molecule has 0 heterocycles. The van der Waals surface area contributed by atoms with Crippen molar-refractivity contribution in [1.82, 2.24) is 4.90 Å². The summed E-state index contributed by atoms with van der Waals surface area (Å²) in [4.78, 5) is 24.1. The molecule has 0 fully saturated rings. The number of rotatable bonds is 4. The molecule has 0 aliphatic rings. The number of aromatic carboxylic acids is 1. The summed E-state index contributed by atoms with van der Waals surface area (Å²) in [7, 11) is 1.57. The average Bonchev–Trinajstić information content (AvgIpc) is 2.40. The lowest BCUT2D eigenvalue weighted by molar-refractivity contribution is 0.0697. The minimum Gasteiger partial charge on any atom is -0.478 e. The Balaban J connectivity index is 2.81. The number of nitriles is 1. The molecule has 0 spiro atoms. The zero-order valence-electron chi connectivity index (χ0n) is 11.1. The molecule has 0 saturated heterocycles. The Bertz CT molecular complexity index is 568. The van der Waals surface area contributed by atoms with Gasteiger partial charge in [-0.05, 0) is 25.1 Å². The van der Waals surface area contributed by atoms with Gasteiger partial charge in [-0.25, -0.2) is 9.59 Å². The number of urea groups is 1. The van der Waals surface area contributed by atoms with Gasteiger partial charge in [-0.2, -0.15) is 5.26 Å². The van der Waals surface area contributed by atoms with E-state index in [0.717, 1.165) is 0 Å². The second-order valence-corrected chi connectivity index (χ2v) is 4.66. The Morgan fingerprint density at radius 1 is 1.55 bits per heavy atom. The van der Waals surface area contributed by atoms with Gasteiger partial charge in [-0.3, -0.25) is 0 Å². The Kier molecular flexibility index (Phi) is 5.35. The van der Waals surface area contributed by atoms with Gasteiger partial charge < -0.3 is 15.3 Å². The van der Waals surface area contributed by atoms with Gasteiger partial charge in [0.1, 0.15) is 0 Å². The van der Waals surface area contributed by atoms with Crippen LogP contribution in [-0.4, -0.2) is 35.1 Å². The number of hydrogen-bond donors (Lipinski definition) is 2. The van der Waals surface area contributed by atoms with Crippen LogP contribution in [0, 0.1) is 11.3 Å². The van der Waals surface area contributed by atoms with Crippen LogP contribution in [0.1, 0.15) is 23.7 Å². The molecule has 1 aromatic rings. The fourth-order valence-electron chi connectivity index (χ4n) is 1.42. The maximum absolute atomic E-state index is 11.9. The lowest BCUT2D eigenvalue weighted by atomic mass is 10.2. The number of carboxylic acid groups (broad SMARTS) is 1. The number of carbonyl (C=O) groups is 2. The molecule has 6 nitrogen and oxygen atoms in total. The van der Waals surface area contributed by atoms with Gasteiger partial charge in [0.05, 0.1) is 28.8 Å². The molecule has 1 atom stereocenters. The number of nitrogens with one attached hydrogen (secondary N) is 1. The fourth-order valence-corrected chi connectivity index (χ4v) is 1.65. The minimum absolute atomic E-state index is 0.0409. The largest absolute Gasteiger partial charge is 0.478 e. The molecule has 2 amide bonds. The van der Waals surface area contributed by atoms with E-state index in [2.05, 4.69) is 5.32 Å². The highest BCUT2D eigenvalue weighted by Gasteiger charge is 2.17. The summed E-state index contributed by atoms with van der Waals surface area (Å²) in [6, 6.07) is 5.36. The standard InChI is InChI=1S/C13H14ClN3O3/c1-8(5-6-15)17(2)13(20)16-11-4-3-9(12(18)19)7-10(11)14/h3-4,7-8H,5H2,1-2H3,(H,16,20)(H,18,19). The number of halogens is 1. The van der Waals surface area contributed by atoms with E-state index in [9.17, 15) is 9.59 Å². The maximum Gasteiger partial charge on any atom is 0.335 e. The Morgan fingerprint density at radius 2 is 2.20 bits per heavy atom. The van der Waals surface area contributed by atoms with E-state index >= 15 is 0 Å². The molecule has 106 valence electrons. The molecule has 0 aliphatic heterocycles. The smallest absolute Gasteiger partial charge is 0.335 e. The first kappa shape index (κ1) is 15.8. The summed E-state index contributed by atoms with van der Waals surface area (Å²) < 4.78 is 0. The Morgan fingerprint density at radius 3 is 2.70 bits per heavy atom. The highest BCUT2D eigenvalue weighted by molar-refractivity contribution is 6.34. The molecule has 1 rings (SSSR count). The molecule has 0 bridgehead atoms. The Hall–Kier alpha value is -2.26. The molecule has 2 N–H and O–H groups in total. The number of anilines is 1. The summed E-state index contributed by atoms with van der Waals surface area (Å²) in [6.45, 7) is 1.75. The second kappa shape index (κ2) is 6.78. The number of carboxylic acids is 1. The Labute approximate surface area is 121 Å². The van der Waals surface area contributed by atoms with Gasteiger partial charge in [0, 0.05) is 13.1 Å². The fraction of sp³-hybridized carbons (Fsp3) is 0.308. The molecule has 20 heavy (non-hydrogen) atoms. The van der Waals surface area contributed by atoms with E-state index in [0.29, 0.717) is 5.69 Å². The van der Waals surface area contributed by atoms with E-state index in [1.807, 2.05) is 6.07 Å². The number of amides is 2. The van der Waals surface area contributed by atoms with Crippen molar-refractivity contribution in [2.75, 3.05) is 12.4 Å². The van der Waals surface area contributed by atoms with Gasteiger partial charge in [-0.1, -0.05) is 11.6 Å². The third-order valence-corrected chi connectivity index (χ3v) is 3.14. The molecule has 1 unspecified atom stereocenters. The van der Waals surface area contributed by atoms with E-state index in [1.165, 1.54) is 23.1 Å². The van der Waals surface area contributed by atoms with E-state index < -0.39 is 12.0 Å². The van der Waals surface area contributed by atoms with E-state index in [-0.39, 0.29) is 23.0 Å². The molecule has 0 aliphatic carbocycles. The van der Waals surface area contributed by atoms with Gasteiger partial charge >= 0.3 is 12.0 Å². The van der Waals surface area contributed by atoms with Crippen molar-refractivity contribution in [2.45, 2.75) is 19.4 Å². The summed E-state index contributed by atoms with van der Waals surface area (Å²) in [5.74, 6) is -1.09. The monoisotopic (exact) mass is 295 g/mol. The van der Waals surface area contributed by atoms with Crippen molar-refractivity contribution in [2.24, 2.45) is 0 Å². The van der Waals surface area contributed by atoms with Crippen LogP contribution in [0.3, 0.4) is 0 Å². The zero-order valence-corrected chi connectivity index (χ0v) is 11.8. The van der Waals surface area contributed by atoms with Crippen molar-refractivity contribution in [3.63, 3.8) is 0 Å². The van der Waals surface area contributed by atoms with Gasteiger partial charge in [0.2, 0.25) is 0 Å². The quantitative estimate of drug-likeness (QED) is 0.893. The first-order valence-electron chi connectivity index (χ1n) is 5.80. The molecule has 0 radical (unpaired) electrons. The molecule has 0 saturated carbocycles. The van der Waals surface area contributed by atoms with Crippen molar-refractivity contribution in [3.8, 4) is 6.07 Å². The van der Waals surface area contributed by atoms with Crippen LogP contribution in [0.2, 0.25) is 5.02 Å². The van der Waals surface area contributed by atoms with E-state index in [1.54, 1.807) is 14.0 Å². The first-order chi connectivity index (χ1) is 9.36. The number of hydrogen-bond acceptors (Lipinski definition) is 3. The third-order valence-electron chi connectivity index (χ3n) is 2.83. The minimum atomic E-state index is -1.09. The average molecular weight is 296 g/mol. The second-order valence-electron chi connectivity index (χ2n) is 4.25. The predicted molar refractivity (Wildman–Crippen MR) is 74.9 cm³/mol. The SMILES string of the molecule is CC(CC#N)N(C)C(=O)Nc1ccc(C(=O)O)cc1Cl. The molecule has 7 heteroatoms. The lowest BCUT2D eigenvalue weighted by Gasteiger charge is -2.23. The van der Waals surface area contributed by atoms with Crippen molar-refractivity contribution >= 4 is 29.3 Å². The summed E-state index contributed by atoms with van der Waals surface area (Å²) in [5.41, 5.74) is 0.358. The van der Waals surface area contributed by atoms with Gasteiger partial charge in [-0.15, -0.1) is 0 Å². The van der Waals surface area contributed by atoms with Crippen molar-refractivity contribution < 1.29 is 14.7 Å². The highest BCUT2D eigenvalue weighted by atomic mass is 35.5. The molecular weight excluding hydrogens is 282 g/mol. The van der Waals surface area contributed by atoms with Crippen LogP contribution in [-0.2, 0) is 0 Å². The van der Waals surface area contributed by atoms with Crippen molar-refractivity contribution in [1.29, 1.82) is 5.26 Å². The summed E-state index contributed by atoms with van der Waals surface area (Å²) in [6.07, 6.45) is 0.218. The van der Waals surface area contributed by atoms with Crippen molar-refractivity contribution in [3.05, 3.63) is 28.8 Å². The van der Waals surface area contributed by atoms with Crippen LogP contribution in [0.4, 0.5) is 10.5 Å². The number of nitrogens with zero attached hydrogens (tertiary/aromatic N) is 2. The van der Waals surface area contributed by atoms with Crippen LogP contribution >= 0.6 is 11.6 Å². The number of carbonyl (C=O) groups excluding carboxylic acids is 1. The van der Waals surface area contributed by atoms with Crippen LogP contribution in [0.5, 0.6) is 0 Å². The highest BCUT2D eigenvalue weighted by Crippen LogP contribution is 2.23. The molecule has 0 aromatic heterocycles. The third kappa shape index (κ3) is 3.87. The lowest BCUT2D eigenvalue weighted by Crippen LogP contribution is -2.38. The molecular formula is C13H14ClN3O3. The maximum atomic E-state index is 11.9. The normalized spacial score (nSPS) is 11.3. The molecule has 1 aromatic carbocycles. The van der Waals surface area contributed by atoms with Crippen LogP contribution < -0.4 is 5.32 Å². The summed E-state index contributed by atoms with van der Waals surface area (Å²) in [5, 5.41) is 20.1. The van der Waals surface area contributed by atoms with Gasteiger partial charge in [0.15, 0.2) is 0 Å². The number of benzene rings is 1. The van der Waals surface area contributed by atoms with Crippen LogP contribution in [0.15, 0.2) is 18.2 Å². The summed E-state index contributed by atoms with van der Waals surface area (Å²) >= 11 is 5.91. The zero-order chi connectivity index (χ0) is 15.3. The predicted octanol–water partition coefficient (Wildman–Crippen LogP) is 2.80. The topological polar surface area (TPSA) is 93.4 Å². The van der Waals surface area contributed by atoms with E-state index in [4.69, 9.17) is 22.0 Å². The first-order valence-corrected chi connectivity index (χ1v) is 6.18. The van der Waals surface area contributed by atoms with Crippen LogP contribution in [0.25, 0.3) is 0 Å².